The molecule has 0 spiro atoms. The Morgan fingerprint density at radius 3 is 2.71 bits per heavy atom. The summed E-state index contributed by atoms with van der Waals surface area (Å²) in [6.45, 7) is 3.92. The van der Waals surface area contributed by atoms with Crippen LogP contribution in [0.25, 0.3) is 0 Å². The van der Waals surface area contributed by atoms with Crippen LogP contribution in [0.2, 0.25) is 0 Å². The van der Waals surface area contributed by atoms with Crippen molar-refractivity contribution in [1.29, 1.82) is 0 Å². The number of nitrogens with one attached hydrogen (secondary N) is 1. The van der Waals surface area contributed by atoms with Gasteiger partial charge in [-0.1, -0.05) is 15.9 Å². The molecule has 1 atom stereocenters. The number of rotatable bonds is 7. The molecule has 0 bridgehead atoms. The fraction of sp³-hybridized carbons (Fsp3) is 0.429. The smallest absolute Gasteiger partial charge is 0.320 e. The maximum atomic E-state index is 13.3. The van der Waals surface area contributed by atoms with Gasteiger partial charge in [0, 0.05) is 31.0 Å². The lowest BCUT2D eigenvalue weighted by Crippen LogP contribution is -2.42. The first kappa shape index (κ1) is 17.6. The van der Waals surface area contributed by atoms with E-state index in [1.165, 1.54) is 19.1 Å². The number of hydrogen-bond donors (Lipinski definition) is 2. The average Bonchev–Trinajstić information content (AvgIpc) is 2.40. The Bertz CT molecular complexity index is 525. The summed E-state index contributed by atoms with van der Waals surface area (Å²) in [4.78, 5) is 23.7. The Morgan fingerprint density at radius 1 is 1.48 bits per heavy atom. The van der Waals surface area contributed by atoms with Gasteiger partial charge in [-0.2, -0.15) is 0 Å². The van der Waals surface area contributed by atoms with Gasteiger partial charge in [-0.05, 0) is 30.7 Å². The predicted molar refractivity (Wildman–Crippen MR) is 80.3 cm³/mol. The molecule has 1 unspecified atom stereocenters. The molecule has 2 N–H and O–H groups in total. The highest BCUT2D eigenvalue weighted by Gasteiger charge is 2.21. The molecule has 0 saturated heterocycles. The van der Waals surface area contributed by atoms with Gasteiger partial charge in [0.25, 0.3) is 0 Å². The molecule has 21 heavy (non-hydrogen) atoms. The molecule has 0 heterocycles. The predicted octanol–water partition coefficient (Wildman–Crippen LogP) is 2.00. The van der Waals surface area contributed by atoms with E-state index in [1.54, 1.807) is 17.9 Å². The fourth-order valence-electron chi connectivity index (χ4n) is 1.82. The summed E-state index contributed by atoms with van der Waals surface area (Å²) in [7, 11) is 0. The molecule has 1 aromatic carbocycles. The second-order valence-corrected chi connectivity index (χ2v) is 5.56. The van der Waals surface area contributed by atoms with Crippen molar-refractivity contribution in [3.05, 3.63) is 34.1 Å². The first-order valence-electron chi connectivity index (χ1n) is 6.46. The van der Waals surface area contributed by atoms with Crippen LogP contribution in [0.4, 0.5) is 4.39 Å². The zero-order valence-electron chi connectivity index (χ0n) is 11.9. The Labute approximate surface area is 131 Å². The van der Waals surface area contributed by atoms with Gasteiger partial charge in [0.1, 0.15) is 11.9 Å². The monoisotopic (exact) mass is 360 g/mol. The lowest BCUT2D eigenvalue weighted by molar-refractivity contribution is -0.142. The van der Waals surface area contributed by atoms with Gasteiger partial charge in [0.2, 0.25) is 5.91 Å². The van der Waals surface area contributed by atoms with Crippen LogP contribution >= 0.6 is 15.9 Å². The molecule has 1 amide bonds. The number of nitrogens with zero attached hydrogens (tertiary/aromatic N) is 1. The number of carboxylic acid groups (broad SMARTS) is 1. The van der Waals surface area contributed by atoms with Gasteiger partial charge in [-0.3, -0.25) is 14.5 Å². The number of halogens is 2. The standard InChI is InChI=1S/C14H18BrFN2O3/c1-9(14(20)21)18(6-5-17-10(2)19)8-11-7-12(16)3-4-13(11)15/h3-4,7,9H,5-6,8H2,1-2H3,(H,17,19)(H,20,21). The first-order valence-corrected chi connectivity index (χ1v) is 7.25. The van der Waals surface area contributed by atoms with Crippen LogP contribution < -0.4 is 5.32 Å². The van der Waals surface area contributed by atoms with E-state index in [2.05, 4.69) is 21.2 Å². The third-order valence-electron chi connectivity index (χ3n) is 3.06. The Balaban J connectivity index is 2.82. The van der Waals surface area contributed by atoms with Crippen LogP contribution in [-0.4, -0.2) is 41.0 Å². The molecule has 0 fully saturated rings. The van der Waals surface area contributed by atoms with E-state index in [0.717, 1.165) is 0 Å². The second kappa shape index (κ2) is 8.09. The van der Waals surface area contributed by atoms with E-state index < -0.39 is 12.0 Å². The van der Waals surface area contributed by atoms with Crippen molar-refractivity contribution in [1.82, 2.24) is 10.2 Å². The summed E-state index contributed by atoms with van der Waals surface area (Å²) >= 11 is 3.33. The highest BCUT2D eigenvalue weighted by molar-refractivity contribution is 9.10. The second-order valence-electron chi connectivity index (χ2n) is 4.70. The summed E-state index contributed by atoms with van der Waals surface area (Å²) < 4.78 is 14.0. The van der Waals surface area contributed by atoms with E-state index in [4.69, 9.17) is 5.11 Å². The van der Waals surface area contributed by atoms with Crippen molar-refractivity contribution in [2.24, 2.45) is 0 Å². The van der Waals surface area contributed by atoms with Crippen LogP contribution in [0.15, 0.2) is 22.7 Å². The molecule has 0 aliphatic carbocycles. The third-order valence-corrected chi connectivity index (χ3v) is 3.83. The van der Waals surface area contributed by atoms with E-state index in [-0.39, 0.29) is 18.3 Å². The molecule has 0 radical (unpaired) electrons. The molecule has 0 aliphatic heterocycles. The molecule has 1 rings (SSSR count). The lowest BCUT2D eigenvalue weighted by atomic mass is 10.1. The largest absolute Gasteiger partial charge is 0.480 e. The fourth-order valence-corrected chi connectivity index (χ4v) is 2.20. The van der Waals surface area contributed by atoms with E-state index in [1.807, 2.05) is 0 Å². The molecule has 0 saturated carbocycles. The highest BCUT2D eigenvalue weighted by Crippen LogP contribution is 2.20. The Kier molecular flexibility index (Phi) is 6.77. The van der Waals surface area contributed by atoms with Gasteiger partial charge < -0.3 is 10.4 Å². The molecule has 116 valence electrons. The number of aliphatic carboxylic acids is 1. The van der Waals surface area contributed by atoms with Crippen molar-refractivity contribution in [2.75, 3.05) is 13.1 Å². The summed E-state index contributed by atoms with van der Waals surface area (Å²) in [6.07, 6.45) is 0. The van der Waals surface area contributed by atoms with Crippen molar-refractivity contribution < 1.29 is 19.1 Å². The van der Waals surface area contributed by atoms with Gasteiger partial charge in [-0.25, -0.2) is 4.39 Å². The topological polar surface area (TPSA) is 69.6 Å². The maximum Gasteiger partial charge on any atom is 0.320 e. The number of benzene rings is 1. The van der Waals surface area contributed by atoms with Gasteiger partial charge in [0.15, 0.2) is 0 Å². The van der Waals surface area contributed by atoms with Crippen LogP contribution in [0.1, 0.15) is 19.4 Å². The van der Waals surface area contributed by atoms with Crippen molar-refractivity contribution in [2.45, 2.75) is 26.4 Å². The van der Waals surface area contributed by atoms with Crippen LogP contribution in [0, 0.1) is 5.82 Å². The number of carboxylic acids is 1. The molecule has 7 heteroatoms. The number of carbonyl (C=O) groups excluding carboxylic acids is 1. The molecule has 5 nitrogen and oxygen atoms in total. The van der Waals surface area contributed by atoms with Crippen molar-refractivity contribution >= 4 is 27.8 Å². The zero-order chi connectivity index (χ0) is 16.0. The van der Waals surface area contributed by atoms with Gasteiger partial charge in [-0.15, -0.1) is 0 Å². The lowest BCUT2D eigenvalue weighted by Gasteiger charge is -2.26. The van der Waals surface area contributed by atoms with E-state index in [9.17, 15) is 14.0 Å². The van der Waals surface area contributed by atoms with Crippen LogP contribution in [0.3, 0.4) is 0 Å². The molecule has 0 aliphatic rings. The number of hydrogen-bond acceptors (Lipinski definition) is 3. The summed E-state index contributed by atoms with van der Waals surface area (Å²) in [5, 5.41) is 11.8. The number of amides is 1. The third kappa shape index (κ3) is 5.81. The van der Waals surface area contributed by atoms with Crippen molar-refractivity contribution in [3.63, 3.8) is 0 Å². The minimum absolute atomic E-state index is 0.176. The first-order chi connectivity index (χ1) is 9.81. The van der Waals surface area contributed by atoms with Crippen LogP contribution in [0.5, 0.6) is 0 Å². The summed E-state index contributed by atoms with van der Waals surface area (Å²) in [5.74, 6) is -1.52. The Hall–Kier alpha value is -1.47. The minimum atomic E-state index is -0.967. The maximum absolute atomic E-state index is 13.3. The zero-order valence-corrected chi connectivity index (χ0v) is 13.5. The highest BCUT2D eigenvalue weighted by atomic mass is 79.9. The van der Waals surface area contributed by atoms with Gasteiger partial charge in [0.05, 0.1) is 0 Å². The molecule has 1 aromatic rings. The molecule has 0 aromatic heterocycles. The Morgan fingerprint density at radius 2 is 2.14 bits per heavy atom. The van der Waals surface area contributed by atoms with Crippen molar-refractivity contribution in [3.8, 4) is 0 Å². The quantitative estimate of drug-likeness (QED) is 0.780. The molecular formula is C14H18BrFN2O3. The van der Waals surface area contributed by atoms with Gasteiger partial charge >= 0.3 is 5.97 Å². The minimum Gasteiger partial charge on any atom is -0.480 e. The van der Waals surface area contributed by atoms with Crippen LogP contribution in [-0.2, 0) is 16.1 Å². The van der Waals surface area contributed by atoms with E-state index in [0.29, 0.717) is 23.1 Å². The summed E-state index contributed by atoms with van der Waals surface area (Å²) in [6, 6.07) is 3.54. The molecular weight excluding hydrogens is 343 g/mol. The number of carbonyl (C=O) groups is 2. The normalized spacial score (nSPS) is 12.2. The van der Waals surface area contributed by atoms with E-state index >= 15 is 0 Å². The summed E-state index contributed by atoms with van der Waals surface area (Å²) in [5.41, 5.74) is 0.658. The average molecular weight is 361 g/mol. The SMILES string of the molecule is CC(=O)NCCN(Cc1cc(F)ccc1Br)C(C)C(=O)O.